The van der Waals surface area contributed by atoms with Gasteiger partial charge in [-0.1, -0.05) is 6.92 Å². The zero-order chi connectivity index (χ0) is 6.91. The van der Waals surface area contributed by atoms with Crippen LogP contribution in [0, 0.1) is 0 Å². The van der Waals surface area contributed by atoms with E-state index in [0.717, 1.165) is 6.42 Å². The molecule has 0 bridgehead atoms. The van der Waals surface area contributed by atoms with E-state index in [4.69, 9.17) is 14.6 Å². The van der Waals surface area contributed by atoms with Gasteiger partial charge in [0.05, 0.1) is 0 Å². The van der Waals surface area contributed by atoms with Gasteiger partial charge in [-0.15, -0.1) is 0 Å². The molecule has 3 heteroatoms. The van der Waals surface area contributed by atoms with E-state index in [-0.39, 0.29) is 0 Å². The van der Waals surface area contributed by atoms with E-state index in [2.05, 4.69) is 0 Å². The normalized spacial score (nSPS) is 43.7. The van der Waals surface area contributed by atoms with Crippen LogP contribution in [0.1, 0.15) is 20.3 Å². The highest BCUT2D eigenvalue weighted by Gasteiger charge is 2.34. The predicted octanol–water partition coefficient (Wildman–Crippen LogP) is 0.478. The topological polar surface area (TPSA) is 38.7 Å². The van der Waals surface area contributed by atoms with E-state index in [0.29, 0.717) is 6.61 Å². The lowest BCUT2D eigenvalue weighted by molar-refractivity contribution is -0.187. The number of rotatable bonds is 1. The van der Waals surface area contributed by atoms with Gasteiger partial charge < -0.3 is 14.6 Å². The van der Waals surface area contributed by atoms with Gasteiger partial charge in [-0.2, -0.15) is 0 Å². The third-order valence-corrected chi connectivity index (χ3v) is 1.56. The van der Waals surface area contributed by atoms with Crippen molar-refractivity contribution in [3.8, 4) is 0 Å². The molecule has 54 valence electrons. The largest absolute Gasteiger partial charge is 0.366 e. The minimum atomic E-state index is -0.727. The Labute approximate surface area is 54.6 Å². The van der Waals surface area contributed by atoms with Crippen molar-refractivity contribution in [1.82, 2.24) is 0 Å². The van der Waals surface area contributed by atoms with E-state index in [1.807, 2.05) is 13.8 Å². The molecule has 2 atom stereocenters. The second kappa shape index (κ2) is 2.25. The maximum absolute atomic E-state index is 8.85. The first kappa shape index (κ1) is 6.99. The van der Waals surface area contributed by atoms with Gasteiger partial charge in [-0.3, -0.25) is 0 Å². The Morgan fingerprint density at radius 1 is 1.78 bits per heavy atom. The molecule has 2 unspecified atom stereocenters. The molecule has 1 heterocycles. The smallest absolute Gasteiger partial charge is 0.181 e. The Bertz CT molecular complexity index is 104. The van der Waals surface area contributed by atoms with Gasteiger partial charge in [0, 0.05) is 0 Å². The molecule has 1 aliphatic heterocycles. The van der Waals surface area contributed by atoms with E-state index in [9.17, 15) is 0 Å². The van der Waals surface area contributed by atoms with Crippen molar-refractivity contribution >= 4 is 0 Å². The highest BCUT2D eigenvalue weighted by molar-refractivity contribution is 4.66. The summed E-state index contributed by atoms with van der Waals surface area (Å²) in [5, 5.41) is 8.85. The van der Waals surface area contributed by atoms with Crippen LogP contribution in [0.25, 0.3) is 0 Å². The molecule has 0 saturated carbocycles. The molecular weight excluding hydrogens is 120 g/mol. The summed E-state index contributed by atoms with van der Waals surface area (Å²) in [5.74, 6) is -0.542. The Morgan fingerprint density at radius 2 is 2.44 bits per heavy atom. The van der Waals surface area contributed by atoms with Gasteiger partial charge in [0.2, 0.25) is 0 Å². The second-order valence-electron chi connectivity index (χ2n) is 2.37. The Morgan fingerprint density at radius 3 is 2.67 bits per heavy atom. The summed E-state index contributed by atoms with van der Waals surface area (Å²) in [6.45, 7) is 4.08. The number of aliphatic hydroxyl groups is 1. The van der Waals surface area contributed by atoms with Crippen LogP contribution in [-0.2, 0) is 9.47 Å². The molecule has 1 saturated heterocycles. The minimum Gasteiger partial charge on any atom is -0.366 e. The van der Waals surface area contributed by atoms with E-state index >= 15 is 0 Å². The predicted molar refractivity (Wildman–Crippen MR) is 31.7 cm³/mol. The third kappa shape index (κ3) is 1.41. The summed E-state index contributed by atoms with van der Waals surface area (Å²) in [6.07, 6.45) is 0.0410. The monoisotopic (exact) mass is 132 g/mol. The first-order chi connectivity index (χ1) is 4.16. The average molecular weight is 132 g/mol. The van der Waals surface area contributed by atoms with Crippen LogP contribution in [-0.4, -0.2) is 23.8 Å². The molecule has 0 aromatic rings. The molecule has 0 radical (unpaired) electrons. The van der Waals surface area contributed by atoms with Crippen LogP contribution in [0.5, 0.6) is 0 Å². The zero-order valence-electron chi connectivity index (χ0n) is 5.76. The van der Waals surface area contributed by atoms with Crippen molar-refractivity contribution in [2.24, 2.45) is 0 Å². The van der Waals surface area contributed by atoms with Crippen molar-refractivity contribution < 1.29 is 14.6 Å². The summed E-state index contributed by atoms with van der Waals surface area (Å²) < 4.78 is 10.2. The molecule has 9 heavy (non-hydrogen) atoms. The lowest BCUT2D eigenvalue weighted by Gasteiger charge is -2.19. The number of ether oxygens (including phenoxy) is 2. The minimum absolute atomic E-state index is 0.296. The zero-order valence-corrected chi connectivity index (χ0v) is 5.76. The van der Waals surface area contributed by atoms with Crippen LogP contribution in [0.2, 0.25) is 0 Å². The molecular formula is C6H12O3. The van der Waals surface area contributed by atoms with Crippen molar-refractivity contribution in [3.05, 3.63) is 0 Å². The first-order valence-electron chi connectivity index (χ1n) is 3.16. The SMILES string of the molecule is CCC1(C)OCC(O)O1. The van der Waals surface area contributed by atoms with Crippen molar-refractivity contribution in [1.29, 1.82) is 0 Å². The lowest BCUT2D eigenvalue weighted by Crippen LogP contribution is -2.25. The van der Waals surface area contributed by atoms with Crippen molar-refractivity contribution in [3.63, 3.8) is 0 Å². The van der Waals surface area contributed by atoms with E-state index in [1.165, 1.54) is 0 Å². The molecule has 1 N–H and O–H groups in total. The molecule has 0 aromatic heterocycles. The molecule has 0 spiro atoms. The molecule has 0 aliphatic carbocycles. The van der Waals surface area contributed by atoms with Gasteiger partial charge in [0.15, 0.2) is 12.1 Å². The number of hydrogen-bond acceptors (Lipinski definition) is 3. The fourth-order valence-corrected chi connectivity index (χ4v) is 0.789. The lowest BCUT2D eigenvalue weighted by atomic mass is 10.2. The van der Waals surface area contributed by atoms with Gasteiger partial charge in [-0.25, -0.2) is 0 Å². The van der Waals surface area contributed by atoms with Gasteiger partial charge in [0.25, 0.3) is 0 Å². The Kier molecular flexibility index (Phi) is 1.75. The summed E-state index contributed by atoms with van der Waals surface area (Å²) in [6, 6.07) is 0. The molecule has 0 aromatic carbocycles. The highest BCUT2D eigenvalue weighted by Crippen LogP contribution is 2.24. The average Bonchev–Trinajstić information content (AvgIpc) is 2.13. The van der Waals surface area contributed by atoms with E-state index < -0.39 is 12.1 Å². The Balaban J connectivity index is 2.45. The molecule has 1 rings (SSSR count). The summed E-state index contributed by atoms with van der Waals surface area (Å²) in [5.41, 5.74) is 0. The molecule has 1 aliphatic rings. The quantitative estimate of drug-likeness (QED) is 0.564. The Hall–Kier alpha value is -0.120. The fraction of sp³-hybridized carbons (Fsp3) is 1.00. The second-order valence-corrected chi connectivity index (χ2v) is 2.37. The molecule has 1 fully saturated rings. The third-order valence-electron chi connectivity index (χ3n) is 1.56. The molecule has 0 amide bonds. The number of hydrogen-bond donors (Lipinski definition) is 1. The number of aliphatic hydroxyl groups excluding tert-OH is 1. The summed E-state index contributed by atoms with van der Waals surface area (Å²) >= 11 is 0. The van der Waals surface area contributed by atoms with Crippen molar-refractivity contribution in [2.45, 2.75) is 32.3 Å². The van der Waals surface area contributed by atoms with Crippen LogP contribution in [0.15, 0.2) is 0 Å². The van der Waals surface area contributed by atoms with E-state index in [1.54, 1.807) is 0 Å². The summed E-state index contributed by atoms with van der Waals surface area (Å²) in [7, 11) is 0. The highest BCUT2D eigenvalue weighted by atomic mass is 16.8. The maximum atomic E-state index is 8.85. The maximum Gasteiger partial charge on any atom is 0.181 e. The standard InChI is InChI=1S/C6H12O3/c1-3-6(2)8-4-5(7)9-6/h5,7H,3-4H2,1-2H3. The van der Waals surface area contributed by atoms with Crippen LogP contribution >= 0.6 is 0 Å². The summed E-state index contributed by atoms with van der Waals surface area (Å²) in [4.78, 5) is 0. The van der Waals surface area contributed by atoms with Crippen LogP contribution < -0.4 is 0 Å². The van der Waals surface area contributed by atoms with Crippen LogP contribution in [0.3, 0.4) is 0 Å². The molecule has 3 nitrogen and oxygen atoms in total. The first-order valence-corrected chi connectivity index (χ1v) is 3.16. The van der Waals surface area contributed by atoms with Crippen LogP contribution in [0.4, 0.5) is 0 Å². The van der Waals surface area contributed by atoms with Gasteiger partial charge in [-0.05, 0) is 13.3 Å². The van der Waals surface area contributed by atoms with Gasteiger partial charge in [0.1, 0.15) is 6.61 Å². The van der Waals surface area contributed by atoms with Gasteiger partial charge >= 0.3 is 0 Å². The van der Waals surface area contributed by atoms with Crippen molar-refractivity contribution in [2.75, 3.05) is 6.61 Å². The fourth-order valence-electron chi connectivity index (χ4n) is 0.789.